The molecule has 0 saturated heterocycles. The van der Waals surface area contributed by atoms with Crippen LogP contribution >= 0.6 is 0 Å². The molecule has 6 fully saturated rings. The molecule has 6 aliphatic carbocycles. The van der Waals surface area contributed by atoms with E-state index in [-0.39, 0.29) is 22.9 Å². The molecule has 1 N–H and O–H groups in total. The maximum Gasteiger partial charge on any atom is 0.312 e. The SMILES string of the molecule is C=CC(O)C12C3C4C1C1C2C3C41C(=O)OC. The summed E-state index contributed by atoms with van der Waals surface area (Å²) in [7, 11) is 1.50. The number of esters is 1. The van der Waals surface area contributed by atoms with Gasteiger partial charge in [-0.2, -0.15) is 0 Å². The van der Waals surface area contributed by atoms with Gasteiger partial charge in [-0.3, -0.25) is 4.79 Å². The lowest BCUT2D eigenvalue weighted by molar-refractivity contribution is -0.651. The highest BCUT2D eigenvalue weighted by Crippen LogP contribution is 3.10. The van der Waals surface area contributed by atoms with Crippen LogP contribution in [0.1, 0.15) is 0 Å². The van der Waals surface area contributed by atoms with E-state index in [1.165, 1.54) is 7.11 Å². The van der Waals surface area contributed by atoms with Gasteiger partial charge in [-0.25, -0.2) is 0 Å². The molecule has 0 spiro atoms. The van der Waals surface area contributed by atoms with Gasteiger partial charge in [0.25, 0.3) is 0 Å². The fraction of sp³-hybridized carbons (Fsp3) is 0.769. The number of ether oxygens (including phenoxy) is 1. The fourth-order valence-electron chi connectivity index (χ4n) is 6.99. The number of methoxy groups -OCH3 is 1. The molecule has 1 atom stereocenters. The highest BCUT2D eigenvalue weighted by Gasteiger charge is 3.12. The summed E-state index contributed by atoms with van der Waals surface area (Å²) in [5, 5.41) is 10.1. The standard InChI is InChI=1S/C13H14O3/c1-3-4(14)12-5-8-6(12)10-7(12)9(5)13(8,10)11(15)16-2/h3-10,14H,1H2,2H3. The van der Waals surface area contributed by atoms with Gasteiger partial charge < -0.3 is 9.84 Å². The molecule has 0 aromatic heterocycles. The molecule has 0 heterocycles. The van der Waals surface area contributed by atoms with Crippen molar-refractivity contribution in [1.29, 1.82) is 0 Å². The summed E-state index contributed by atoms with van der Waals surface area (Å²) in [6.07, 6.45) is 1.35. The zero-order valence-corrected chi connectivity index (χ0v) is 9.09. The van der Waals surface area contributed by atoms with Crippen LogP contribution in [0.25, 0.3) is 0 Å². The van der Waals surface area contributed by atoms with E-state index in [1.54, 1.807) is 6.08 Å². The monoisotopic (exact) mass is 218 g/mol. The van der Waals surface area contributed by atoms with Crippen molar-refractivity contribution in [2.45, 2.75) is 6.10 Å². The third kappa shape index (κ3) is 0.345. The summed E-state index contributed by atoms with van der Waals surface area (Å²) in [4.78, 5) is 11.8. The molecule has 0 bridgehead atoms. The third-order valence-electron chi connectivity index (χ3n) is 6.98. The predicted octanol–water partition coefficient (Wildman–Crippen LogP) is 0.444. The first-order valence-corrected chi connectivity index (χ1v) is 6.09. The van der Waals surface area contributed by atoms with Crippen LogP contribution in [0.3, 0.4) is 0 Å². The van der Waals surface area contributed by atoms with E-state index in [9.17, 15) is 9.90 Å². The summed E-state index contributed by atoms with van der Waals surface area (Å²) >= 11 is 0. The fourth-order valence-corrected chi connectivity index (χ4v) is 6.99. The van der Waals surface area contributed by atoms with Crippen molar-refractivity contribution in [1.82, 2.24) is 0 Å². The van der Waals surface area contributed by atoms with Gasteiger partial charge in [-0.05, 0) is 35.5 Å². The van der Waals surface area contributed by atoms with Crippen LogP contribution in [0.5, 0.6) is 0 Å². The Hall–Kier alpha value is -0.830. The van der Waals surface area contributed by atoms with Crippen molar-refractivity contribution in [2.75, 3.05) is 7.11 Å². The van der Waals surface area contributed by atoms with Crippen LogP contribution in [0.2, 0.25) is 0 Å². The summed E-state index contributed by atoms with van der Waals surface area (Å²) in [5.41, 5.74) is 0.0922. The highest BCUT2D eigenvalue weighted by atomic mass is 16.5. The van der Waals surface area contributed by atoms with Crippen LogP contribution in [0.15, 0.2) is 12.7 Å². The van der Waals surface area contributed by atoms with Crippen LogP contribution in [0.4, 0.5) is 0 Å². The molecule has 0 amide bonds. The molecule has 6 aliphatic rings. The topological polar surface area (TPSA) is 46.5 Å². The van der Waals surface area contributed by atoms with Gasteiger partial charge in [-0.15, -0.1) is 6.58 Å². The Labute approximate surface area is 93.5 Å². The number of carbonyl (C=O) groups is 1. The minimum Gasteiger partial charge on any atom is -0.469 e. The Morgan fingerprint density at radius 1 is 1.31 bits per heavy atom. The molecular weight excluding hydrogens is 204 g/mol. The average Bonchev–Trinajstić information content (AvgIpc) is 2.36. The van der Waals surface area contributed by atoms with Crippen molar-refractivity contribution in [3.8, 4) is 0 Å². The van der Waals surface area contributed by atoms with E-state index in [0.717, 1.165) is 0 Å². The zero-order chi connectivity index (χ0) is 11.0. The summed E-state index contributed by atoms with van der Waals surface area (Å²) in [6.45, 7) is 3.71. The Balaban J connectivity index is 1.54. The molecule has 6 rings (SSSR count). The molecule has 6 saturated carbocycles. The molecular formula is C13H14O3. The Bertz CT molecular complexity index is 412. The van der Waals surface area contributed by atoms with Crippen LogP contribution in [0, 0.1) is 46.3 Å². The molecule has 0 aliphatic heterocycles. The maximum absolute atomic E-state index is 11.8. The second-order valence-electron chi connectivity index (χ2n) is 6.26. The molecule has 0 radical (unpaired) electrons. The summed E-state index contributed by atoms with van der Waals surface area (Å²) in [5.74, 6) is 3.51. The minimum absolute atomic E-state index is 0.0256. The van der Waals surface area contributed by atoms with Gasteiger partial charge in [0.1, 0.15) is 0 Å². The van der Waals surface area contributed by atoms with E-state index in [2.05, 4.69) is 6.58 Å². The predicted molar refractivity (Wildman–Crippen MR) is 54.0 cm³/mol. The second kappa shape index (κ2) is 1.78. The molecule has 16 heavy (non-hydrogen) atoms. The van der Waals surface area contributed by atoms with E-state index in [0.29, 0.717) is 35.5 Å². The largest absolute Gasteiger partial charge is 0.469 e. The van der Waals surface area contributed by atoms with Gasteiger partial charge in [0, 0.05) is 5.41 Å². The second-order valence-corrected chi connectivity index (χ2v) is 6.26. The van der Waals surface area contributed by atoms with Gasteiger partial charge in [0.15, 0.2) is 0 Å². The minimum atomic E-state index is -0.341. The van der Waals surface area contributed by atoms with Crippen LogP contribution < -0.4 is 0 Å². The maximum atomic E-state index is 11.8. The Morgan fingerprint density at radius 2 is 1.81 bits per heavy atom. The summed E-state index contributed by atoms with van der Waals surface area (Å²) in [6, 6.07) is 0. The Morgan fingerprint density at radius 3 is 2.19 bits per heavy atom. The van der Waals surface area contributed by atoms with Gasteiger partial charge in [0.05, 0.1) is 18.6 Å². The molecule has 3 heteroatoms. The number of aliphatic hydroxyl groups is 1. The van der Waals surface area contributed by atoms with Gasteiger partial charge in [-0.1, -0.05) is 6.08 Å². The first kappa shape index (κ1) is 8.29. The van der Waals surface area contributed by atoms with Gasteiger partial charge >= 0.3 is 5.97 Å². The number of hydrogen-bond donors (Lipinski definition) is 1. The van der Waals surface area contributed by atoms with Crippen molar-refractivity contribution in [3.63, 3.8) is 0 Å². The Kier molecular flexibility index (Phi) is 0.922. The van der Waals surface area contributed by atoms with E-state index < -0.39 is 0 Å². The number of carbonyl (C=O) groups excluding carboxylic acids is 1. The van der Waals surface area contributed by atoms with Gasteiger partial charge in [0.2, 0.25) is 0 Å². The zero-order valence-electron chi connectivity index (χ0n) is 9.09. The molecule has 0 aromatic carbocycles. The lowest BCUT2D eigenvalue weighted by Gasteiger charge is -3.10. The molecule has 0 aromatic rings. The summed E-state index contributed by atoms with van der Waals surface area (Å²) < 4.78 is 4.96. The van der Waals surface area contributed by atoms with Crippen molar-refractivity contribution >= 4 is 5.97 Å². The van der Waals surface area contributed by atoms with Crippen molar-refractivity contribution in [3.05, 3.63) is 12.7 Å². The molecule has 3 nitrogen and oxygen atoms in total. The lowest BCUT2D eigenvalue weighted by Crippen LogP contribution is -3.12. The van der Waals surface area contributed by atoms with E-state index >= 15 is 0 Å². The van der Waals surface area contributed by atoms with Crippen LogP contribution in [-0.2, 0) is 9.53 Å². The molecule has 1 unspecified atom stereocenters. The van der Waals surface area contributed by atoms with Crippen LogP contribution in [-0.4, -0.2) is 24.3 Å². The quantitative estimate of drug-likeness (QED) is 0.552. The molecule has 84 valence electrons. The van der Waals surface area contributed by atoms with Crippen molar-refractivity contribution in [2.24, 2.45) is 46.3 Å². The smallest absolute Gasteiger partial charge is 0.312 e. The number of hydrogen-bond acceptors (Lipinski definition) is 3. The first-order chi connectivity index (χ1) is 7.69. The average molecular weight is 218 g/mol. The normalized spacial score (nSPS) is 70.6. The number of aliphatic hydroxyl groups excluding tert-OH is 1. The van der Waals surface area contributed by atoms with Crippen molar-refractivity contribution < 1.29 is 14.6 Å². The number of rotatable bonds is 3. The van der Waals surface area contributed by atoms with E-state index in [1.807, 2.05) is 0 Å². The lowest BCUT2D eigenvalue weighted by atomic mass is 8.92. The van der Waals surface area contributed by atoms with E-state index in [4.69, 9.17) is 4.74 Å². The first-order valence-electron chi connectivity index (χ1n) is 6.09. The third-order valence-corrected chi connectivity index (χ3v) is 6.98. The highest BCUT2D eigenvalue weighted by molar-refractivity contribution is 5.88.